The highest BCUT2D eigenvalue weighted by Gasteiger charge is 2.11. The van der Waals surface area contributed by atoms with Crippen LogP contribution < -0.4 is 16.2 Å². The lowest BCUT2D eigenvalue weighted by Gasteiger charge is -2.06. The average Bonchev–Trinajstić information content (AvgIpc) is 2.26. The Kier molecular flexibility index (Phi) is 4.56. The lowest BCUT2D eigenvalue weighted by atomic mass is 10.2. The smallest absolute Gasteiger partial charge is 0.255 e. The highest BCUT2D eigenvalue weighted by atomic mass is 32.2. The molecular formula is C9H13FN4O3S. The van der Waals surface area contributed by atoms with Crippen LogP contribution in [0, 0.1) is 5.82 Å². The molecule has 1 heterocycles. The molecule has 1 amide bonds. The zero-order valence-electron chi connectivity index (χ0n) is 9.39. The first-order valence-electron chi connectivity index (χ1n) is 4.99. The monoisotopic (exact) mass is 276 g/mol. The van der Waals surface area contributed by atoms with Gasteiger partial charge in [-0.05, 0) is 12.5 Å². The maximum Gasteiger partial charge on any atom is 0.255 e. The van der Waals surface area contributed by atoms with Gasteiger partial charge in [0.1, 0.15) is 11.6 Å². The molecule has 0 saturated heterocycles. The summed E-state index contributed by atoms with van der Waals surface area (Å²) in [6.45, 7) is 0.0885. The number of anilines is 1. The number of carbonyl (C=O) groups excluding carboxylic acids is 1. The van der Waals surface area contributed by atoms with Gasteiger partial charge in [0.15, 0.2) is 0 Å². The average molecular weight is 276 g/mol. The number of pyridine rings is 1. The summed E-state index contributed by atoms with van der Waals surface area (Å²) in [5, 5.41) is 7.18. The van der Waals surface area contributed by atoms with Gasteiger partial charge in [0, 0.05) is 6.54 Å². The molecule has 0 spiro atoms. The Morgan fingerprint density at radius 1 is 1.50 bits per heavy atom. The van der Waals surface area contributed by atoms with Gasteiger partial charge >= 0.3 is 0 Å². The highest BCUT2D eigenvalue weighted by molar-refractivity contribution is 7.89. The van der Waals surface area contributed by atoms with Gasteiger partial charge in [-0.15, -0.1) is 0 Å². The molecule has 0 fully saturated rings. The number of primary sulfonamides is 1. The molecule has 0 saturated carbocycles. The summed E-state index contributed by atoms with van der Waals surface area (Å²) in [5.41, 5.74) is 5.32. The fourth-order valence-electron chi connectivity index (χ4n) is 1.20. The molecule has 100 valence electrons. The van der Waals surface area contributed by atoms with Crippen LogP contribution in [0.2, 0.25) is 0 Å². The molecule has 1 aromatic heterocycles. The topological polar surface area (TPSA) is 128 Å². The van der Waals surface area contributed by atoms with Crippen LogP contribution in [0.5, 0.6) is 0 Å². The van der Waals surface area contributed by atoms with E-state index in [9.17, 15) is 17.6 Å². The Balaban J connectivity index is 2.53. The van der Waals surface area contributed by atoms with Crippen LogP contribution in [0.1, 0.15) is 16.8 Å². The summed E-state index contributed by atoms with van der Waals surface area (Å²) in [4.78, 5) is 15.1. The molecule has 1 rings (SSSR count). The van der Waals surface area contributed by atoms with Gasteiger partial charge < -0.3 is 11.1 Å². The van der Waals surface area contributed by atoms with Crippen molar-refractivity contribution >= 4 is 21.7 Å². The van der Waals surface area contributed by atoms with Crippen molar-refractivity contribution in [1.82, 2.24) is 10.3 Å². The number of aromatic nitrogens is 1. The third-order valence-corrected chi connectivity index (χ3v) is 2.88. The lowest BCUT2D eigenvalue weighted by molar-refractivity contribution is 0.0954. The molecule has 0 aliphatic rings. The number of nitrogens with two attached hydrogens (primary N) is 2. The summed E-state index contributed by atoms with van der Waals surface area (Å²) in [7, 11) is -3.55. The van der Waals surface area contributed by atoms with E-state index in [0.717, 1.165) is 12.3 Å². The van der Waals surface area contributed by atoms with E-state index in [4.69, 9.17) is 10.9 Å². The van der Waals surface area contributed by atoms with Crippen molar-refractivity contribution in [3.8, 4) is 0 Å². The number of nitrogens with one attached hydrogen (secondary N) is 1. The van der Waals surface area contributed by atoms with Gasteiger partial charge in [0.25, 0.3) is 5.91 Å². The van der Waals surface area contributed by atoms with Crippen molar-refractivity contribution in [3.05, 3.63) is 23.6 Å². The minimum atomic E-state index is -3.55. The predicted octanol–water partition coefficient (Wildman–Crippen LogP) is -0.789. The molecule has 7 nitrogen and oxygen atoms in total. The standard InChI is InChI=1S/C9H13FN4O3S/c10-6-4-7(8(11)14-5-6)9(15)13-2-1-3-18(12,16)17/h4-5H,1-3H2,(H2,11,14)(H,13,15)(H2,12,16,17). The van der Waals surface area contributed by atoms with E-state index in [1.807, 2.05) is 0 Å². The molecule has 18 heavy (non-hydrogen) atoms. The number of sulfonamides is 1. The molecule has 9 heteroatoms. The second-order valence-electron chi connectivity index (χ2n) is 3.56. The number of hydrogen-bond donors (Lipinski definition) is 3. The van der Waals surface area contributed by atoms with Gasteiger partial charge in [-0.3, -0.25) is 4.79 Å². The Labute approximate surface area is 103 Å². The second-order valence-corrected chi connectivity index (χ2v) is 5.30. The summed E-state index contributed by atoms with van der Waals surface area (Å²) in [5.74, 6) is -1.64. The van der Waals surface area contributed by atoms with Crippen molar-refractivity contribution in [2.24, 2.45) is 5.14 Å². The molecule has 0 aliphatic carbocycles. The van der Waals surface area contributed by atoms with E-state index in [0.29, 0.717) is 0 Å². The van der Waals surface area contributed by atoms with Crippen LogP contribution >= 0.6 is 0 Å². The molecular weight excluding hydrogens is 263 g/mol. The summed E-state index contributed by atoms with van der Waals surface area (Å²) in [6, 6.07) is 0.956. The van der Waals surface area contributed by atoms with E-state index in [1.165, 1.54) is 0 Å². The van der Waals surface area contributed by atoms with Crippen LogP contribution in [-0.4, -0.2) is 31.6 Å². The van der Waals surface area contributed by atoms with E-state index in [2.05, 4.69) is 10.3 Å². The van der Waals surface area contributed by atoms with Gasteiger partial charge in [0.05, 0.1) is 17.5 Å². The zero-order chi connectivity index (χ0) is 13.8. The van der Waals surface area contributed by atoms with E-state index < -0.39 is 21.7 Å². The van der Waals surface area contributed by atoms with Crippen LogP contribution in [0.15, 0.2) is 12.3 Å². The van der Waals surface area contributed by atoms with Crippen LogP contribution in [0.4, 0.5) is 10.2 Å². The maximum atomic E-state index is 12.9. The minimum Gasteiger partial charge on any atom is -0.383 e. The van der Waals surface area contributed by atoms with Crippen molar-refractivity contribution in [1.29, 1.82) is 0 Å². The molecule has 0 aliphatic heterocycles. The summed E-state index contributed by atoms with van der Waals surface area (Å²) in [6.07, 6.45) is 1.06. The van der Waals surface area contributed by atoms with Crippen LogP contribution in [0.25, 0.3) is 0 Å². The second kappa shape index (κ2) is 5.74. The Morgan fingerprint density at radius 3 is 2.78 bits per heavy atom. The summed E-state index contributed by atoms with van der Waals surface area (Å²) < 4.78 is 34.1. The number of nitrogens with zero attached hydrogens (tertiary/aromatic N) is 1. The summed E-state index contributed by atoms with van der Waals surface area (Å²) >= 11 is 0. The van der Waals surface area contributed by atoms with Crippen molar-refractivity contribution in [2.45, 2.75) is 6.42 Å². The minimum absolute atomic E-state index is 0.0885. The van der Waals surface area contributed by atoms with Gasteiger partial charge in [-0.1, -0.05) is 0 Å². The number of hydrogen-bond acceptors (Lipinski definition) is 5. The van der Waals surface area contributed by atoms with Crippen molar-refractivity contribution in [2.75, 3.05) is 18.0 Å². The number of amides is 1. The molecule has 0 bridgehead atoms. The van der Waals surface area contributed by atoms with E-state index in [1.54, 1.807) is 0 Å². The van der Waals surface area contributed by atoms with Crippen LogP contribution in [0.3, 0.4) is 0 Å². The fraction of sp³-hybridized carbons (Fsp3) is 0.333. The molecule has 5 N–H and O–H groups in total. The number of rotatable bonds is 5. The third-order valence-electron chi connectivity index (χ3n) is 2.02. The largest absolute Gasteiger partial charge is 0.383 e. The first kappa shape index (κ1) is 14.3. The zero-order valence-corrected chi connectivity index (χ0v) is 10.2. The van der Waals surface area contributed by atoms with Gasteiger partial charge in [-0.25, -0.2) is 22.9 Å². The Bertz CT molecular complexity index is 547. The quantitative estimate of drug-likeness (QED) is 0.607. The fourth-order valence-corrected chi connectivity index (χ4v) is 1.75. The molecule has 0 unspecified atom stereocenters. The molecule has 0 aromatic carbocycles. The highest BCUT2D eigenvalue weighted by Crippen LogP contribution is 2.09. The molecule has 0 radical (unpaired) electrons. The first-order valence-corrected chi connectivity index (χ1v) is 6.71. The Morgan fingerprint density at radius 2 is 2.17 bits per heavy atom. The number of carbonyl (C=O) groups is 1. The molecule has 1 aromatic rings. The lowest BCUT2D eigenvalue weighted by Crippen LogP contribution is -2.28. The van der Waals surface area contributed by atoms with Crippen molar-refractivity contribution < 1.29 is 17.6 Å². The third kappa shape index (κ3) is 4.63. The van der Waals surface area contributed by atoms with E-state index in [-0.39, 0.29) is 30.1 Å². The maximum absolute atomic E-state index is 12.9. The Hall–Kier alpha value is -1.74. The van der Waals surface area contributed by atoms with Gasteiger partial charge in [-0.2, -0.15) is 0 Å². The first-order chi connectivity index (χ1) is 8.29. The number of halogens is 1. The SMILES string of the molecule is Nc1ncc(F)cc1C(=O)NCCCS(N)(=O)=O. The molecule has 0 atom stereocenters. The normalized spacial score (nSPS) is 11.2. The van der Waals surface area contributed by atoms with Crippen LogP contribution in [-0.2, 0) is 10.0 Å². The predicted molar refractivity (Wildman–Crippen MR) is 63.5 cm³/mol. The van der Waals surface area contributed by atoms with Gasteiger partial charge in [0.2, 0.25) is 10.0 Å². The van der Waals surface area contributed by atoms with E-state index >= 15 is 0 Å². The van der Waals surface area contributed by atoms with Crippen molar-refractivity contribution in [3.63, 3.8) is 0 Å². The number of nitrogen functional groups attached to an aromatic ring is 1.